The smallest absolute Gasteiger partial charge is 0.293 e. The van der Waals surface area contributed by atoms with Crippen molar-refractivity contribution in [2.75, 3.05) is 31.9 Å². The summed E-state index contributed by atoms with van der Waals surface area (Å²) in [5.41, 5.74) is 4.81. The molecule has 6 amide bonds. The third-order valence-electron chi connectivity index (χ3n) is 9.47. The van der Waals surface area contributed by atoms with Gasteiger partial charge in [0, 0.05) is 43.1 Å². The number of carbonyl (C=O) groups excluding carboxylic acids is 6. The van der Waals surface area contributed by atoms with Gasteiger partial charge in [0.15, 0.2) is 24.9 Å². The van der Waals surface area contributed by atoms with Crippen LogP contribution in [0.2, 0.25) is 5.02 Å². The number of nitrogens with one attached hydrogen (secondary N) is 6. The summed E-state index contributed by atoms with van der Waals surface area (Å²) >= 11 is 12.7. The van der Waals surface area contributed by atoms with Gasteiger partial charge < -0.3 is 45.2 Å². The maximum atomic E-state index is 12.3. The molecule has 0 aliphatic rings. The van der Waals surface area contributed by atoms with Crippen molar-refractivity contribution < 1.29 is 42.0 Å². The van der Waals surface area contributed by atoms with Gasteiger partial charge in [-0.15, -0.1) is 0 Å². The maximum Gasteiger partial charge on any atom is 0.293 e. The monoisotopic (exact) mass is 1110 g/mol. The van der Waals surface area contributed by atoms with Gasteiger partial charge in [0.1, 0.15) is 6.26 Å². The number of halogens is 3. The van der Waals surface area contributed by atoms with E-state index in [-0.39, 0.29) is 34.9 Å². The van der Waals surface area contributed by atoms with Crippen LogP contribution in [0.25, 0.3) is 0 Å². The normalized spacial score (nSPS) is 10.2. The van der Waals surface area contributed by atoms with Gasteiger partial charge in [-0.3, -0.25) is 28.8 Å². The van der Waals surface area contributed by atoms with E-state index in [1.807, 2.05) is 12.1 Å². The number of benzene rings is 6. The first-order valence-electron chi connectivity index (χ1n) is 21.0. The summed E-state index contributed by atoms with van der Waals surface area (Å²) in [6, 6.07) is 41.4. The molecule has 18 nitrogen and oxygen atoms in total. The molecule has 0 fully saturated rings. The molecule has 0 saturated carbocycles. The van der Waals surface area contributed by atoms with Gasteiger partial charge in [-0.05, 0) is 123 Å². The lowest BCUT2D eigenvalue weighted by atomic mass is 10.2. The van der Waals surface area contributed by atoms with Gasteiger partial charge in [0.2, 0.25) is 11.5 Å². The van der Waals surface area contributed by atoms with E-state index in [1.54, 1.807) is 133 Å². The summed E-state index contributed by atoms with van der Waals surface area (Å²) in [4.78, 5) is 83.8. The second-order valence-corrected chi connectivity index (χ2v) is 16.6. The van der Waals surface area contributed by atoms with Crippen molar-refractivity contribution in [3.63, 3.8) is 0 Å². The van der Waals surface area contributed by atoms with Crippen LogP contribution in [0.1, 0.15) is 62.7 Å². The Morgan fingerprint density at radius 3 is 1.14 bits per heavy atom. The second kappa shape index (κ2) is 25.0. The number of amides is 6. The standard InChI is InChI=1S/2C17H12BrN3O3.C17H12ClN3O3/c18-14-7-2-1-6-13(14)16(22)20-11-4-3-5-12(8-11)21-17(23)15-9-24-10-19-15;2*18-14-7-2-1-6-13(14)16(22)20-11-4-3-5-12(8-11)21-17(23)15-9-19-10-24-15/h3*1-10H,(H,20,22)(H,21,23). The van der Waals surface area contributed by atoms with E-state index < -0.39 is 17.7 Å². The first-order chi connectivity index (χ1) is 34.9. The van der Waals surface area contributed by atoms with E-state index in [4.69, 9.17) is 24.9 Å². The number of hydrogen-bond acceptors (Lipinski definition) is 12. The molecule has 72 heavy (non-hydrogen) atoms. The summed E-state index contributed by atoms with van der Waals surface area (Å²) in [6.07, 6.45) is 7.45. The quantitative estimate of drug-likeness (QED) is 0.0668. The van der Waals surface area contributed by atoms with Crippen LogP contribution >= 0.6 is 43.5 Å². The van der Waals surface area contributed by atoms with Crippen molar-refractivity contribution in [3.05, 3.63) is 231 Å². The summed E-state index contributed by atoms with van der Waals surface area (Å²) in [5.74, 6) is -1.86. The molecule has 0 radical (unpaired) electrons. The zero-order chi connectivity index (χ0) is 50.8. The molecular weight excluding hydrogens is 1080 g/mol. The second-order valence-electron chi connectivity index (χ2n) is 14.5. The molecule has 0 unspecified atom stereocenters. The fraction of sp³-hybridized carbons (Fsp3) is 0. The van der Waals surface area contributed by atoms with Crippen molar-refractivity contribution in [2.45, 2.75) is 0 Å². The summed E-state index contributed by atoms with van der Waals surface area (Å²) in [7, 11) is 0. The van der Waals surface area contributed by atoms with Crippen molar-refractivity contribution in [1.29, 1.82) is 0 Å². The van der Waals surface area contributed by atoms with Crippen LogP contribution in [-0.4, -0.2) is 50.4 Å². The van der Waals surface area contributed by atoms with Gasteiger partial charge in [0.25, 0.3) is 35.4 Å². The Balaban J connectivity index is 0.000000158. The third kappa shape index (κ3) is 14.5. The van der Waals surface area contributed by atoms with Crippen molar-refractivity contribution in [2.24, 2.45) is 0 Å². The minimum Gasteiger partial charge on any atom is -0.451 e. The van der Waals surface area contributed by atoms with Gasteiger partial charge >= 0.3 is 0 Å². The van der Waals surface area contributed by atoms with E-state index in [9.17, 15) is 28.8 Å². The Morgan fingerprint density at radius 1 is 0.417 bits per heavy atom. The molecule has 0 aliphatic heterocycles. The average Bonchev–Trinajstić information content (AvgIpc) is 4.22. The molecule has 0 spiro atoms. The van der Waals surface area contributed by atoms with E-state index in [0.29, 0.717) is 64.8 Å². The van der Waals surface area contributed by atoms with Gasteiger partial charge in [-0.2, -0.15) is 0 Å². The fourth-order valence-electron chi connectivity index (χ4n) is 6.12. The van der Waals surface area contributed by atoms with Gasteiger partial charge in [-0.1, -0.05) is 66.2 Å². The van der Waals surface area contributed by atoms with Crippen molar-refractivity contribution >= 4 is 113 Å². The number of rotatable bonds is 12. The van der Waals surface area contributed by atoms with E-state index in [2.05, 4.69) is 78.7 Å². The first-order valence-corrected chi connectivity index (χ1v) is 22.9. The molecule has 6 N–H and O–H groups in total. The van der Waals surface area contributed by atoms with Gasteiger partial charge in [0.05, 0.1) is 34.1 Å². The highest BCUT2D eigenvalue weighted by Gasteiger charge is 2.16. The Kier molecular flexibility index (Phi) is 17.7. The van der Waals surface area contributed by atoms with Crippen LogP contribution in [0.5, 0.6) is 0 Å². The third-order valence-corrected chi connectivity index (χ3v) is 11.2. The lowest BCUT2D eigenvalue weighted by Gasteiger charge is -2.09. The summed E-state index contributed by atoms with van der Waals surface area (Å²) < 4.78 is 16.0. The number of nitrogens with zero attached hydrogens (tertiary/aromatic N) is 3. The highest BCUT2D eigenvalue weighted by atomic mass is 79.9. The number of aromatic nitrogens is 3. The first kappa shape index (κ1) is 50.9. The Morgan fingerprint density at radius 2 is 0.778 bits per heavy atom. The topological polar surface area (TPSA) is 253 Å². The molecule has 21 heteroatoms. The SMILES string of the molecule is O=C(Nc1cccc(NC(=O)c2ccccc2Br)c1)c1cnco1.O=C(Nc1cccc(NC(=O)c2ccccc2Br)c1)c1cocn1.O=C(Nc1cccc(NC(=O)c2ccccc2Cl)c1)c1cnco1. The van der Waals surface area contributed by atoms with Crippen LogP contribution in [0.15, 0.2) is 206 Å². The highest BCUT2D eigenvalue weighted by molar-refractivity contribution is 9.10. The zero-order valence-electron chi connectivity index (χ0n) is 37.0. The van der Waals surface area contributed by atoms with Crippen LogP contribution < -0.4 is 31.9 Å². The van der Waals surface area contributed by atoms with E-state index in [1.165, 1.54) is 37.8 Å². The van der Waals surface area contributed by atoms with E-state index in [0.717, 1.165) is 0 Å². The predicted octanol–water partition coefficient (Wildman–Crippen LogP) is 11.7. The molecule has 6 aromatic carbocycles. The Labute approximate surface area is 430 Å². The molecule has 3 aromatic heterocycles. The van der Waals surface area contributed by atoms with Crippen LogP contribution in [0.3, 0.4) is 0 Å². The molecule has 0 aliphatic carbocycles. The fourth-order valence-corrected chi connectivity index (χ4v) is 7.27. The zero-order valence-corrected chi connectivity index (χ0v) is 40.9. The number of oxazole rings is 3. The lowest BCUT2D eigenvalue weighted by molar-refractivity contribution is 0.0989. The van der Waals surface area contributed by atoms with Crippen LogP contribution in [0.4, 0.5) is 34.1 Å². The Hall–Kier alpha value is -8.98. The maximum absolute atomic E-state index is 12.3. The molecular formula is C51H36Br2ClN9O9. The van der Waals surface area contributed by atoms with Crippen LogP contribution in [-0.2, 0) is 0 Å². The number of anilines is 6. The van der Waals surface area contributed by atoms with Crippen LogP contribution in [0, 0.1) is 0 Å². The highest BCUT2D eigenvalue weighted by Crippen LogP contribution is 2.23. The molecule has 360 valence electrons. The minimum atomic E-state index is -0.429. The molecule has 0 bridgehead atoms. The molecule has 3 heterocycles. The van der Waals surface area contributed by atoms with Gasteiger partial charge in [-0.25, -0.2) is 15.0 Å². The van der Waals surface area contributed by atoms with Crippen molar-refractivity contribution in [1.82, 2.24) is 15.0 Å². The number of hydrogen-bond donors (Lipinski definition) is 6. The lowest BCUT2D eigenvalue weighted by Crippen LogP contribution is -2.14. The summed E-state index contributed by atoms with van der Waals surface area (Å²) in [5, 5.41) is 16.7. The number of carbonyl (C=O) groups is 6. The predicted molar refractivity (Wildman–Crippen MR) is 276 cm³/mol. The minimum absolute atomic E-state index is 0.0977. The molecule has 0 saturated heterocycles. The Bertz CT molecular complexity index is 2990. The largest absolute Gasteiger partial charge is 0.451 e. The average molecular weight is 1110 g/mol. The molecule has 9 rings (SSSR count). The van der Waals surface area contributed by atoms with E-state index >= 15 is 0 Å². The molecule has 0 atom stereocenters. The molecule has 9 aromatic rings. The summed E-state index contributed by atoms with van der Waals surface area (Å²) in [6.45, 7) is 0. The van der Waals surface area contributed by atoms with Crippen molar-refractivity contribution in [3.8, 4) is 0 Å².